The molecule has 7 heteroatoms. The van der Waals surface area contributed by atoms with Crippen molar-refractivity contribution in [1.82, 2.24) is 20.3 Å². The number of carbonyl (C=O) groups excluding carboxylic acids is 1. The molecule has 0 spiro atoms. The molecular formula is C23H23FN4O2. The van der Waals surface area contributed by atoms with Gasteiger partial charge in [0.05, 0.1) is 17.2 Å². The van der Waals surface area contributed by atoms with E-state index in [1.54, 1.807) is 36.7 Å². The summed E-state index contributed by atoms with van der Waals surface area (Å²) in [6.45, 7) is 3.94. The topological polar surface area (TPSA) is 87.7 Å². The molecule has 1 unspecified atom stereocenters. The second kappa shape index (κ2) is 7.82. The molecule has 1 aliphatic carbocycles. The molecule has 0 saturated heterocycles. The molecule has 1 saturated carbocycles. The number of pyridine rings is 1. The SMILES string of the molecule is CC(C)C(NC(=O)C1(c2ccc(F)cc2)CC1)c1cc(=O)[nH]c(-c2ccncc2)n1. The van der Waals surface area contributed by atoms with Gasteiger partial charge < -0.3 is 10.3 Å². The van der Waals surface area contributed by atoms with Gasteiger partial charge >= 0.3 is 0 Å². The molecule has 1 atom stereocenters. The summed E-state index contributed by atoms with van der Waals surface area (Å²) in [7, 11) is 0. The summed E-state index contributed by atoms with van der Waals surface area (Å²) >= 11 is 0. The summed E-state index contributed by atoms with van der Waals surface area (Å²) in [5.74, 6) is -0.0104. The molecular weight excluding hydrogens is 383 g/mol. The van der Waals surface area contributed by atoms with Crippen LogP contribution in [0.4, 0.5) is 4.39 Å². The molecule has 4 rings (SSSR count). The van der Waals surface area contributed by atoms with Gasteiger partial charge in [-0.15, -0.1) is 0 Å². The fraction of sp³-hybridized carbons (Fsp3) is 0.304. The van der Waals surface area contributed by atoms with Crippen LogP contribution in [-0.2, 0) is 10.2 Å². The largest absolute Gasteiger partial charge is 0.347 e. The first kappa shape index (κ1) is 19.9. The van der Waals surface area contributed by atoms with Gasteiger partial charge in [-0.2, -0.15) is 0 Å². The highest BCUT2D eigenvalue weighted by Crippen LogP contribution is 2.48. The van der Waals surface area contributed by atoms with Gasteiger partial charge in [0.15, 0.2) is 0 Å². The summed E-state index contributed by atoms with van der Waals surface area (Å²) in [5, 5.41) is 3.09. The minimum Gasteiger partial charge on any atom is -0.347 e. The molecule has 0 radical (unpaired) electrons. The number of carbonyl (C=O) groups is 1. The molecule has 0 bridgehead atoms. The Morgan fingerprint density at radius 1 is 1.13 bits per heavy atom. The van der Waals surface area contributed by atoms with Crippen LogP contribution in [0.25, 0.3) is 11.4 Å². The molecule has 2 aromatic heterocycles. The van der Waals surface area contributed by atoms with Crippen LogP contribution in [0.5, 0.6) is 0 Å². The van der Waals surface area contributed by atoms with Crippen LogP contribution in [0.15, 0.2) is 59.7 Å². The van der Waals surface area contributed by atoms with E-state index in [1.807, 2.05) is 13.8 Å². The van der Waals surface area contributed by atoms with Crippen molar-refractivity contribution in [3.05, 3.63) is 82.3 Å². The van der Waals surface area contributed by atoms with Gasteiger partial charge in [-0.1, -0.05) is 26.0 Å². The zero-order valence-electron chi connectivity index (χ0n) is 16.9. The Bertz CT molecular complexity index is 1110. The molecule has 6 nitrogen and oxygen atoms in total. The van der Waals surface area contributed by atoms with Gasteiger partial charge in [0.2, 0.25) is 5.91 Å². The fourth-order valence-corrected chi connectivity index (χ4v) is 3.68. The molecule has 1 fully saturated rings. The summed E-state index contributed by atoms with van der Waals surface area (Å²) in [6.07, 6.45) is 4.67. The van der Waals surface area contributed by atoms with E-state index in [0.717, 1.165) is 11.1 Å². The van der Waals surface area contributed by atoms with Crippen LogP contribution >= 0.6 is 0 Å². The Morgan fingerprint density at radius 3 is 2.40 bits per heavy atom. The number of amides is 1. The van der Waals surface area contributed by atoms with E-state index < -0.39 is 11.5 Å². The van der Waals surface area contributed by atoms with Gasteiger partial charge in [0.1, 0.15) is 11.6 Å². The number of H-pyrrole nitrogens is 1. The van der Waals surface area contributed by atoms with Crippen molar-refractivity contribution in [1.29, 1.82) is 0 Å². The van der Waals surface area contributed by atoms with Crippen molar-refractivity contribution in [3.8, 4) is 11.4 Å². The normalized spacial score (nSPS) is 15.6. The van der Waals surface area contributed by atoms with Crippen molar-refractivity contribution >= 4 is 5.91 Å². The van der Waals surface area contributed by atoms with Crippen LogP contribution in [0.3, 0.4) is 0 Å². The maximum absolute atomic E-state index is 13.3. The first-order chi connectivity index (χ1) is 14.4. The van der Waals surface area contributed by atoms with E-state index in [1.165, 1.54) is 18.2 Å². The van der Waals surface area contributed by atoms with Crippen molar-refractivity contribution in [2.75, 3.05) is 0 Å². The summed E-state index contributed by atoms with van der Waals surface area (Å²) in [4.78, 5) is 36.9. The second-order valence-electron chi connectivity index (χ2n) is 8.04. The van der Waals surface area contributed by atoms with E-state index in [-0.39, 0.29) is 23.2 Å². The minimum atomic E-state index is -0.643. The maximum Gasteiger partial charge on any atom is 0.251 e. The first-order valence-corrected chi connectivity index (χ1v) is 9.98. The van der Waals surface area contributed by atoms with Crippen molar-refractivity contribution in [2.45, 2.75) is 38.1 Å². The molecule has 2 heterocycles. The van der Waals surface area contributed by atoms with Gasteiger partial charge in [-0.25, -0.2) is 9.37 Å². The molecule has 0 aliphatic heterocycles. The number of aromatic nitrogens is 3. The van der Waals surface area contributed by atoms with Gasteiger partial charge in [0.25, 0.3) is 5.56 Å². The van der Waals surface area contributed by atoms with Gasteiger partial charge in [0, 0.05) is 24.0 Å². The molecule has 1 aromatic carbocycles. The Morgan fingerprint density at radius 2 is 1.80 bits per heavy atom. The van der Waals surface area contributed by atoms with E-state index in [9.17, 15) is 14.0 Å². The number of halogens is 1. The Hall–Kier alpha value is -3.35. The number of nitrogens with zero attached hydrogens (tertiary/aromatic N) is 2. The Kier molecular flexibility index (Phi) is 5.20. The zero-order chi connectivity index (χ0) is 21.3. The molecule has 1 aliphatic rings. The monoisotopic (exact) mass is 406 g/mol. The van der Waals surface area contributed by atoms with Gasteiger partial charge in [-0.3, -0.25) is 14.6 Å². The number of benzene rings is 1. The van der Waals surface area contributed by atoms with E-state index in [4.69, 9.17) is 0 Å². The van der Waals surface area contributed by atoms with E-state index >= 15 is 0 Å². The first-order valence-electron chi connectivity index (χ1n) is 9.98. The second-order valence-corrected chi connectivity index (χ2v) is 8.04. The van der Waals surface area contributed by atoms with E-state index in [2.05, 4.69) is 20.3 Å². The zero-order valence-corrected chi connectivity index (χ0v) is 16.9. The predicted octanol–water partition coefficient (Wildman–Crippen LogP) is 3.52. The van der Waals surface area contributed by atoms with Crippen LogP contribution < -0.4 is 10.9 Å². The third-order valence-corrected chi connectivity index (χ3v) is 5.57. The number of nitrogens with one attached hydrogen (secondary N) is 2. The van der Waals surface area contributed by atoms with Crippen LogP contribution in [0.2, 0.25) is 0 Å². The van der Waals surface area contributed by atoms with Crippen LogP contribution in [0.1, 0.15) is 44.0 Å². The van der Waals surface area contributed by atoms with Crippen LogP contribution in [-0.4, -0.2) is 20.9 Å². The number of rotatable bonds is 6. The van der Waals surface area contributed by atoms with Crippen molar-refractivity contribution < 1.29 is 9.18 Å². The summed E-state index contributed by atoms with van der Waals surface area (Å²) < 4.78 is 13.3. The average Bonchev–Trinajstić information content (AvgIpc) is 3.54. The lowest BCUT2D eigenvalue weighted by Gasteiger charge is -2.25. The molecule has 3 aromatic rings. The third kappa shape index (κ3) is 3.87. The molecule has 1 amide bonds. The lowest BCUT2D eigenvalue weighted by Crippen LogP contribution is -2.40. The predicted molar refractivity (Wildman–Crippen MR) is 111 cm³/mol. The quantitative estimate of drug-likeness (QED) is 0.656. The van der Waals surface area contributed by atoms with Crippen molar-refractivity contribution in [3.63, 3.8) is 0 Å². The smallest absolute Gasteiger partial charge is 0.251 e. The average molecular weight is 406 g/mol. The highest BCUT2D eigenvalue weighted by atomic mass is 19.1. The molecule has 30 heavy (non-hydrogen) atoms. The molecule has 154 valence electrons. The standard InChI is InChI=1S/C23H23FN4O2/c1-14(2)20(18-13-19(29)27-21(26-18)15-7-11-25-12-8-15)28-22(30)23(9-10-23)16-3-5-17(24)6-4-16/h3-8,11-14,20H,9-10H2,1-2H3,(H,28,30)(H,26,27,29). The van der Waals surface area contributed by atoms with E-state index in [0.29, 0.717) is 24.4 Å². The fourth-order valence-electron chi connectivity index (χ4n) is 3.68. The lowest BCUT2D eigenvalue weighted by molar-refractivity contribution is -0.124. The summed E-state index contributed by atoms with van der Waals surface area (Å²) in [6, 6.07) is 10.6. The van der Waals surface area contributed by atoms with Crippen molar-refractivity contribution in [2.24, 2.45) is 5.92 Å². The highest BCUT2D eigenvalue weighted by Gasteiger charge is 2.51. The highest BCUT2D eigenvalue weighted by molar-refractivity contribution is 5.91. The Balaban J connectivity index is 1.64. The lowest BCUT2D eigenvalue weighted by atomic mass is 9.93. The maximum atomic E-state index is 13.3. The number of aromatic amines is 1. The minimum absolute atomic E-state index is 0.0116. The number of hydrogen-bond donors (Lipinski definition) is 2. The number of hydrogen-bond acceptors (Lipinski definition) is 4. The van der Waals surface area contributed by atoms with Gasteiger partial charge in [-0.05, 0) is 48.6 Å². The van der Waals surface area contributed by atoms with Crippen LogP contribution in [0, 0.1) is 11.7 Å². The summed E-state index contributed by atoms with van der Waals surface area (Å²) in [5.41, 5.74) is 1.12. The molecule has 2 N–H and O–H groups in total. The third-order valence-electron chi connectivity index (χ3n) is 5.57. The Labute approximate surface area is 173 Å².